The first-order chi connectivity index (χ1) is 7.79. The summed E-state index contributed by atoms with van der Waals surface area (Å²) in [5, 5.41) is 16.2. The van der Waals surface area contributed by atoms with Gasteiger partial charge in [0.1, 0.15) is 5.82 Å². The van der Waals surface area contributed by atoms with Crippen molar-refractivity contribution in [1.82, 2.24) is 9.78 Å². The van der Waals surface area contributed by atoms with Crippen molar-refractivity contribution in [3.05, 3.63) is 6.20 Å². The Balaban J connectivity index is 2.36. The molecule has 0 aliphatic carbocycles. The third-order valence-electron chi connectivity index (χ3n) is 2.43. The topological polar surface area (TPSA) is 76.1 Å². The number of nitrogens with one attached hydrogen (secondary N) is 1. The van der Waals surface area contributed by atoms with E-state index in [9.17, 15) is 0 Å². The average Bonchev–Trinajstić information content (AvgIpc) is 2.61. The second-order valence-electron chi connectivity index (χ2n) is 3.88. The first-order valence-corrected chi connectivity index (χ1v) is 5.95. The zero-order valence-electron chi connectivity index (χ0n) is 9.95. The molecule has 0 aliphatic rings. The van der Waals surface area contributed by atoms with Gasteiger partial charge >= 0.3 is 0 Å². The van der Waals surface area contributed by atoms with E-state index in [1.807, 2.05) is 4.68 Å². The molecule has 1 rings (SSSR count). The molecule has 0 atom stereocenters. The molecule has 0 amide bonds. The van der Waals surface area contributed by atoms with Crippen LogP contribution in [0, 0.1) is 0 Å². The molecule has 5 heteroatoms. The highest BCUT2D eigenvalue weighted by atomic mass is 16.2. The fourth-order valence-electron chi connectivity index (χ4n) is 1.59. The first-order valence-electron chi connectivity index (χ1n) is 5.95. The maximum Gasteiger partial charge on any atom is 0.147 e. The Morgan fingerprint density at radius 1 is 1.44 bits per heavy atom. The molecule has 1 aromatic rings. The minimum absolute atomic E-state index is 0.274. The Morgan fingerprint density at radius 2 is 2.25 bits per heavy atom. The number of rotatable bonds is 8. The number of anilines is 2. The van der Waals surface area contributed by atoms with Crippen molar-refractivity contribution in [1.29, 1.82) is 0 Å². The first kappa shape index (κ1) is 12.8. The van der Waals surface area contributed by atoms with Gasteiger partial charge in [-0.05, 0) is 25.7 Å². The Bertz CT molecular complexity index is 298. The van der Waals surface area contributed by atoms with Gasteiger partial charge in [0.15, 0.2) is 0 Å². The zero-order chi connectivity index (χ0) is 11.8. The lowest BCUT2D eigenvalue weighted by molar-refractivity contribution is 0.283. The van der Waals surface area contributed by atoms with Gasteiger partial charge in [0.05, 0.1) is 11.9 Å². The predicted octanol–water partition coefficient (Wildman–Crippen LogP) is 1.45. The molecule has 0 aliphatic heterocycles. The molecule has 0 bridgehead atoms. The van der Waals surface area contributed by atoms with Crippen LogP contribution in [-0.4, -0.2) is 28.0 Å². The molecule has 0 spiro atoms. The van der Waals surface area contributed by atoms with E-state index < -0.39 is 0 Å². The van der Waals surface area contributed by atoms with E-state index in [0.717, 1.165) is 44.6 Å². The van der Waals surface area contributed by atoms with Crippen molar-refractivity contribution in [2.75, 3.05) is 24.2 Å². The van der Waals surface area contributed by atoms with Crippen molar-refractivity contribution in [2.45, 2.75) is 39.2 Å². The fraction of sp³-hybridized carbons (Fsp3) is 0.727. The summed E-state index contributed by atoms with van der Waals surface area (Å²) in [5.41, 5.74) is 6.53. The molecule has 0 aromatic carbocycles. The Morgan fingerprint density at radius 3 is 2.94 bits per heavy atom. The number of aromatic nitrogens is 2. The van der Waals surface area contributed by atoms with Crippen LogP contribution in [0.25, 0.3) is 0 Å². The Hall–Kier alpha value is -1.23. The largest absolute Gasteiger partial charge is 0.396 e. The summed E-state index contributed by atoms with van der Waals surface area (Å²) in [6.07, 6.45) is 5.67. The van der Waals surface area contributed by atoms with Gasteiger partial charge in [-0.2, -0.15) is 5.10 Å². The van der Waals surface area contributed by atoms with Gasteiger partial charge in [0.25, 0.3) is 0 Å². The minimum atomic E-state index is 0.274. The number of hydrogen-bond acceptors (Lipinski definition) is 4. The van der Waals surface area contributed by atoms with Crippen molar-refractivity contribution in [3.8, 4) is 0 Å². The summed E-state index contributed by atoms with van der Waals surface area (Å²) >= 11 is 0. The van der Waals surface area contributed by atoms with Gasteiger partial charge in [-0.3, -0.25) is 0 Å². The molecule has 5 nitrogen and oxygen atoms in total. The van der Waals surface area contributed by atoms with Crippen LogP contribution in [-0.2, 0) is 6.54 Å². The maximum absolute atomic E-state index is 8.65. The number of nitrogen functional groups attached to an aromatic ring is 1. The molecule has 0 unspecified atom stereocenters. The standard InChI is InChI=1S/C11H22N4O/c1-2-7-15-11(10(12)9-14-15)13-6-4-3-5-8-16/h9,13,16H,2-8,12H2,1H3. The van der Waals surface area contributed by atoms with Crippen molar-refractivity contribution >= 4 is 11.5 Å². The van der Waals surface area contributed by atoms with Crippen LogP contribution < -0.4 is 11.1 Å². The van der Waals surface area contributed by atoms with Gasteiger partial charge in [-0.1, -0.05) is 6.92 Å². The lowest BCUT2D eigenvalue weighted by Crippen LogP contribution is -2.10. The molecule has 1 aromatic heterocycles. The van der Waals surface area contributed by atoms with Crippen LogP contribution in [0.1, 0.15) is 32.6 Å². The summed E-state index contributed by atoms with van der Waals surface area (Å²) in [4.78, 5) is 0. The molecule has 0 radical (unpaired) electrons. The molecule has 0 fully saturated rings. The van der Waals surface area contributed by atoms with Crippen molar-refractivity contribution in [3.63, 3.8) is 0 Å². The van der Waals surface area contributed by atoms with E-state index >= 15 is 0 Å². The Kier molecular flexibility index (Phi) is 5.71. The van der Waals surface area contributed by atoms with E-state index in [-0.39, 0.29) is 6.61 Å². The predicted molar refractivity (Wildman–Crippen MR) is 66.4 cm³/mol. The molecule has 0 saturated carbocycles. The SMILES string of the molecule is CCCn1ncc(N)c1NCCCCCO. The minimum Gasteiger partial charge on any atom is -0.396 e. The monoisotopic (exact) mass is 226 g/mol. The normalized spacial score (nSPS) is 10.6. The van der Waals surface area contributed by atoms with Crippen LogP contribution >= 0.6 is 0 Å². The average molecular weight is 226 g/mol. The second-order valence-corrected chi connectivity index (χ2v) is 3.88. The van der Waals surface area contributed by atoms with Crippen LogP contribution in [0.15, 0.2) is 6.20 Å². The van der Waals surface area contributed by atoms with Crippen molar-refractivity contribution < 1.29 is 5.11 Å². The highest BCUT2D eigenvalue weighted by Crippen LogP contribution is 2.17. The number of nitrogens with two attached hydrogens (primary N) is 1. The smallest absolute Gasteiger partial charge is 0.147 e. The van der Waals surface area contributed by atoms with Gasteiger partial charge < -0.3 is 16.2 Å². The van der Waals surface area contributed by atoms with Gasteiger partial charge in [-0.25, -0.2) is 4.68 Å². The van der Waals surface area contributed by atoms with E-state index in [1.54, 1.807) is 6.20 Å². The number of nitrogens with zero attached hydrogens (tertiary/aromatic N) is 2. The molecule has 0 saturated heterocycles. The summed E-state index contributed by atoms with van der Waals surface area (Å²) in [5.74, 6) is 0.922. The maximum atomic E-state index is 8.65. The Labute approximate surface area is 96.6 Å². The number of aryl methyl sites for hydroxylation is 1. The fourth-order valence-corrected chi connectivity index (χ4v) is 1.59. The third kappa shape index (κ3) is 3.73. The lowest BCUT2D eigenvalue weighted by Gasteiger charge is -2.09. The quantitative estimate of drug-likeness (QED) is 0.586. The summed E-state index contributed by atoms with van der Waals surface area (Å²) in [6, 6.07) is 0. The number of unbranched alkanes of at least 4 members (excludes halogenated alkanes) is 2. The molecular formula is C11H22N4O. The third-order valence-corrected chi connectivity index (χ3v) is 2.43. The highest BCUT2D eigenvalue weighted by molar-refractivity contribution is 5.60. The highest BCUT2D eigenvalue weighted by Gasteiger charge is 2.05. The number of hydrogen-bond donors (Lipinski definition) is 3. The molecule has 1 heterocycles. The van der Waals surface area contributed by atoms with E-state index in [4.69, 9.17) is 10.8 Å². The summed E-state index contributed by atoms with van der Waals surface area (Å²) < 4.78 is 1.90. The lowest BCUT2D eigenvalue weighted by atomic mass is 10.2. The van der Waals surface area contributed by atoms with Crippen LogP contribution in [0.5, 0.6) is 0 Å². The summed E-state index contributed by atoms with van der Waals surface area (Å²) in [6.45, 7) is 4.15. The van der Waals surface area contributed by atoms with Crippen molar-refractivity contribution in [2.24, 2.45) is 0 Å². The van der Waals surface area contributed by atoms with Gasteiger partial charge in [-0.15, -0.1) is 0 Å². The van der Waals surface area contributed by atoms with E-state index in [1.165, 1.54) is 0 Å². The summed E-state index contributed by atoms with van der Waals surface area (Å²) in [7, 11) is 0. The van der Waals surface area contributed by atoms with Gasteiger partial charge in [0, 0.05) is 19.7 Å². The zero-order valence-corrected chi connectivity index (χ0v) is 9.95. The number of aliphatic hydroxyl groups is 1. The molecule has 92 valence electrons. The van der Waals surface area contributed by atoms with Crippen LogP contribution in [0.4, 0.5) is 11.5 Å². The van der Waals surface area contributed by atoms with E-state index in [0.29, 0.717) is 5.69 Å². The van der Waals surface area contributed by atoms with Gasteiger partial charge in [0.2, 0.25) is 0 Å². The molecule has 16 heavy (non-hydrogen) atoms. The van der Waals surface area contributed by atoms with E-state index in [2.05, 4.69) is 17.3 Å². The van der Waals surface area contributed by atoms with Crippen LogP contribution in [0.2, 0.25) is 0 Å². The molecular weight excluding hydrogens is 204 g/mol. The number of aliphatic hydroxyl groups excluding tert-OH is 1. The second kappa shape index (κ2) is 7.11. The molecule has 4 N–H and O–H groups in total. The van der Waals surface area contributed by atoms with Crippen LogP contribution in [0.3, 0.4) is 0 Å².